The van der Waals surface area contributed by atoms with Gasteiger partial charge >= 0.3 is 0 Å². The third-order valence-electron chi connectivity index (χ3n) is 3.75. The fourth-order valence-electron chi connectivity index (χ4n) is 2.24. The molecular weight excluding hydrogens is 274 g/mol. The minimum absolute atomic E-state index is 0.144. The molecule has 0 radical (unpaired) electrons. The van der Waals surface area contributed by atoms with Crippen LogP contribution in [-0.2, 0) is 11.3 Å². The van der Waals surface area contributed by atoms with Gasteiger partial charge in [-0.3, -0.25) is 4.79 Å². The molecule has 1 amide bonds. The molecule has 1 aromatic carbocycles. The zero-order chi connectivity index (χ0) is 16.5. The Morgan fingerprint density at radius 3 is 1.91 bits per heavy atom. The topological polar surface area (TPSA) is 29.5 Å². The van der Waals surface area contributed by atoms with E-state index in [-0.39, 0.29) is 5.91 Å². The van der Waals surface area contributed by atoms with E-state index in [2.05, 4.69) is 27.7 Å². The van der Waals surface area contributed by atoms with Crippen LogP contribution in [0.4, 0.5) is 0 Å². The van der Waals surface area contributed by atoms with Crippen molar-refractivity contribution in [2.24, 2.45) is 11.8 Å². The van der Waals surface area contributed by atoms with Gasteiger partial charge in [-0.05, 0) is 42.4 Å². The van der Waals surface area contributed by atoms with Gasteiger partial charge in [-0.2, -0.15) is 0 Å². The van der Waals surface area contributed by atoms with E-state index in [1.54, 1.807) is 7.11 Å². The summed E-state index contributed by atoms with van der Waals surface area (Å²) < 4.78 is 5.11. The van der Waals surface area contributed by atoms with Gasteiger partial charge in [-0.1, -0.05) is 39.8 Å². The lowest BCUT2D eigenvalue weighted by molar-refractivity contribution is 0.0740. The predicted octanol–water partition coefficient (Wildman–Crippen LogP) is 4.37. The Hall–Kier alpha value is -1.35. The summed E-state index contributed by atoms with van der Waals surface area (Å²) in [6.45, 7) is 11.1. The summed E-state index contributed by atoms with van der Waals surface area (Å²) in [6, 6.07) is 7.77. The molecule has 1 rings (SSSR count). The van der Waals surface area contributed by atoms with E-state index in [9.17, 15) is 4.79 Å². The molecule has 0 aliphatic carbocycles. The molecule has 0 unspecified atom stereocenters. The van der Waals surface area contributed by atoms with Crippen molar-refractivity contribution in [3.8, 4) is 0 Å². The predicted molar refractivity (Wildman–Crippen MR) is 92.0 cm³/mol. The van der Waals surface area contributed by atoms with Crippen LogP contribution in [0.1, 0.15) is 56.5 Å². The molecule has 0 atom stereocenters. The largest absolute Gasteiger partial charge is 0.380 e. The molecule has 124 valence electrons. The number of hydrogen-bond acceptors (Lipinski definition) is 2. The lowest BCUT2D eigenvalue weighted by Gasteiger charge is -2.24. The molecule has 0 saturated heterocycles. The van der Waals surface area contributed by atoms with Crippen LogP contribution in [-0.4, -0.2) is 31.0 Å². The van der Waals surface area contributed by atoms with E-state index in [1.165, 1.54) is 0 Å². The van der Waals surface area contributed by atoms with Crippen molar-refractivity contribution in [3.05, 3.63) is 35.4 Å². The van der Waals surface area contributed by atoms with Gasteiger partial charge in [0.15, 0.2) is 0 Å². The summed E-state index contributed by atoms with van der Waals surface area (Å²) in [5.74, 6) is 1.36. The fraction of sp³-hybridized carbons (Fsp3) is 0.632. The van der Waals surface area contributed by atoms with Gasteiger partial charge < -0.3 is 9.64 Å². The standard InChI is InChI=1S/C19H31NO2/c1-15(2)10-12-20(13-11-16(3)4)19(21)18-8-6-17(7-9-18)14-22-5/h6-9,15-16H,10-14H2,1-5H3. The summed E-state index contributed by atoms with van der Waals surface area (Å²) in [5, 5.41) is 0. The number of nitrogens with zero attached hydrogens (tertiary/aromatic N) is 1. The summed E-state index contributed by atoms with van der Waals surface area (Å²) in [5.41, 5.74) is 1.86. The first-order chi connectivity index (χ1) is 10.4. The van der Waals surface area contributed by atoms with Gasteiger partial charge in [0.25, 0.3) is 5.91 Å². The number of methoxy groups -OCH3 is 1. The van der Waals surface area contributed by atoms with Gasteiger partial charge in [0.1, 0.15) is 0 Å². The van der Waals surface area contributed by atoms with E-state index in [0.29, 0.717) is 18.4 Å². The van der Waals surface area contributed by atoms with Crippen LogP contribution in [0, 0.1) is 11.8 Å². The Bertz CT molecular complexity index is 425. The van der Waals surface area contributed by atoms with Gasteiger partial charge in [-0.25, -0.2) is 0 Å². The lowest BCUT2D eigenvalue weighted by Crippen LogP contribution is -2.34. The second kappa shape index (κ2) is 9.62. The van der Waals surface area contributed by atoms with Gasteiger partial charge in [-0.15, -0.1) is 0 Å². The third kappa shape index (κ3) is 6.61. The zero-order valence-corrected chi connectivity index (χ0v) is 14.8. The maximum atomic E-state index is 12.7. The normalized spacial score (nSPS) is 11.2. The monoisotopic (exact) mass is 305 g/mol. The van der Waals surface area contributed by atoms with Crippen LogP contribution >= 0.6 is 0 Å². The first kappa shape index (κ1) is 18.7. The molecule has 0 fully saturated rings. The molecule has 0 aliphatic rings. The fourth-order valence-corrected chi connectivity index (χ4v) is 2.24. The number of carbonyl (C=O) groups is 1. The number of rotatable bonds is 9. The number of hydrogen-bond donors (Lipinski definition) is 0. The molecule has 0 saturated carbocycles. The van der Waals surface area contributed by atoms with Crippen molar-refractivity contribution >= 4 is 5.91 Å². The molecule has 3 heteroatoms. The third-order valence-corrected chi connectivity index (χ3v) is 3.75. The molecule has 0 heterocycles. The molecule has 0 bridgehead atoms. The Labute approximate surface area is 135 Å². The number of ether oxygens (including phenoxy) is 1. The van der Waals surface area contributed by atoms with E-state index in [4.69, 9.17) is 4.74 Å². The molecule has 1 aromatic rings. The average Bonchev–Trinajstić information content (AvgIpc) is 2.47. The van der Waals surface area contributed by atoms with Crippen LogP contribution in [0.5, 0.6) is 0 Å². The Morgan fingerprint density at radius 2 is 1.50 bits per heavy atom. The van der Waals surface area contributed by atoms with E-state index in [0.717, 1.165) is 37.1 Å². The van der Waals surface area contributed by atoms with Gasteiger partial charge in [0.2, 0.25) is 0 Å². The highest BCUT2D eigenvalue weighted by molar-refractivity contribution is 5.94. The van der Waals surface area contributed by atoms with Crippen molar-refractivity contribution in [1.82, 2.24) is 4.90 Å². The van der Waals surface area contributed by atoms with E-state index in [1.807, 2.05) is 29.2 Å². The first-order valence-electron chi connectivity index (χ1n) is 8.31. The highest BCUT2D eigenvalue weighted by Gasteiger charge is 2.16. The van der Waals surface area contributed by atoms with Crippen LogP contribution in [0.3, 0.4) is 0 Å². The quantitative estimate of drug-likeness (QED) is 0.678. The van der Waals surface area contributed by atoms with Gasteiger partial charge in [0.05, 0.1) is 6.61 Å². The zero-order valence-electron chi connectivity index (χ0n) is 14.8. The Morgan fingerprint density at radius 1 is 1.00 bits per heavy atom. The second-order valence-electron chi connectivity index (χ2n) is 6.79. The minimum Gasteiger partial charge on any atom is -0.380 e. The number of amides is 1. The van der Waals surface area contributed by atoms with Crippen LogP contribution < -0.4 is 0 Å². The van der Waals surface area contributed by atoms with E-state index < -0.39 is 0 Å². The minimum atomic E-state index is 0.144. The molecule has 22 heavy (non-hydrogen) atoms. The smallest absolute Gasteiger partial charge is 0.253 e. The average molecular weight is 305 g/mol. The molecular formula is C19H31NO2. The maximum Gasteiger partial charge on any atom is 0.253 e. The SMILES string of the molecule is COCc1ccc(C(=O)N(CCC(C)C)CCC(C)C)cc1. The lowest BCUT2D eigenvalue weighted by atomic mass is 10.1. The number of carbonyl (C=O) groups excluding carboxylic acids is 1. The Balaban J connectivity index is 2.75. The van der Waals surface area contributed by atoms with Crippen molar-refractivity contribution in [2.75, 3.05) is 20.2 Å². The van der Waals surface area contributed by atoms with Crippen LogP contribution in [0.2, 0.25) is 0 Å². The van der Waals surface area contributed by atoms with Crippen LogP contribution in [0.15, 0.2) is 24.3 Å². The van der Waals surface area contributed by atoms with Crippen LogP contribution in [0.25, 0.3) is 0 Å². The molecule has 0 aromatic heterocycles. The first-order valence-corrected chi connectivity index (χ1v) is 8.31. The molecule has 3 nitrogen and oxygen atoms in total. The molecule has 0 N–H and O–H groups in total. The van der Waals surface area contributed by atoms with E-state index >= 15 is 0 Å². The maximum absolute atomic E-state index is 12.7. The summed E-state index contributed by atoms with van der Waals surface area (Å²) >= 11 is 0. The highest BCUT2D eigenvalue weighted by Crippen LogP contribution is 2.13. The highest BCUT2D eigenvalue weighted by atomic mass is 16.5. The number of benzene rings is 1. The molecule has 0 spiro atoms. The second-order valence-corrected chi connectivity index (χ2v) is 6.79. The summed E-state index contributed by atoms with van der Waals surface area (Å²) in [4.78, 5) is 14.7. The summed E-state index contributed by atoms with van der Waals surface area (Å²) in [6.07, 6.45) is 2.09. The molecule has 0 aliphatic heterocycles. The van der Waals surface area contributed by atoms with Crippen molar-refractivity contribution in [1.29, 1.82) is 0 Å². The van der Waals surface area contributed by atoms with Crippen molar-refractivity contribution in [2.45, 2.75) is 47.1 Å². The van der Waals surface area contributed by atoms with Crippen molar-refractivity contribution < 1.29 is 9.53 Å². The summed E-state index contributed by atoms with van der Waals surface area (Å²) in [7, 11) is 1.68. The Kier molecular flexibility index (Phi) is 8.18. The van der Waals surface area contributed by atoms with Gasteiger partial charge in [0, 0.05) is 25.8 Å². The van der Waals surface area contributed by atoms with Crippen molar-refractivity contribution in [3.63, 3.8) is 0 Å².